The fourth-order valence-corrected chi connectivity index (χ4v) is 2.45. The van der Waals surface area contributed by atoms with Crippen LogP contribution in [0.3, 0.4) is 0 Å². The number of aliphatic hydroxyl groups excluding tert-OH is 1. The number of carbonyl (C=O) groups is 1. The minimum absolute atomic E-state index is 0.0620. The topological polar surface area (TPSA) is 75.4 Å². The van der Waals surface area contributed by atoms with Crippen molar-refractivity contribution in [2.45, 2.75) is 32.8 Å². The van der Waals surface area contributed by atoms with Crippen LogP contribution in [-0.4, -0.2) is 22.7 Å². The third-order valence-corrected chi connectivity index (χ3v) is 3.65. The van der Waals surface area contributed by atoms with E-state index in [4.69, 9.17) is 4.52 Å². The van der Waals surface area contributed by atoms with Crippen LogP contribution in [0.15, 0.2) is 28.8 Å². The van der Waals surface area contributed by atoms with Gasteiger partial charge in [-0.2, -0.15) is 0 Å². The van der Waals surface area contributed by atoms with Crippen LogP contribution in [0, 0.1) is 19.7 Å². The number of amides is 1. The van der Waals surface area contributed by atoms with Gasteiger partial charge in [-0.05, 0) is 26.8 Å². The Hall–Kier alpha value is -2.21. The molecule has 22 heavy (non-hydrogen) atoms. The Kier molecular flexibility index (Phi) is 4.92. The van der Waals surface area contributed by atoms with Crippen molar-refractivity contribution in [3.8, 4) is 0 Å². The van der Waals surface area contributed by atoms with E-state index >= 15 is 0 Å². The van der Waals surface area contributed by atoms with Crippen molar-refractivity contribution in [1.29, 1.82) is 0 Å². The van der Waals surface area contributed by atoms with E-state index in [1.165, 1.54) is 12.1 Å². The Bertz CT molecular complexity index is 650. The largest absolute Gasteiger partial charge is 0.386 e. The lowest BCUT2D eigenvalue weighted by atomic mass is 9.98. The lowest BCUT2D eigenvalue weighted by Gasteiger charge is -2.16. The van der Waals surface area contributed by atoms with Gasteiger partial charge in [-0.3, -0.25) is 4.79 Å². The molecular weight excluding hydrogens is 287 g/mol. The summed E-state index contributed by atoms with van der Waals surface area (Å²) >= 11 is 0. The van der Waals surface area contributed by atoms with Crippen LogP contribution in [0.4, 0.5) is 4.39 Å². The molecule has 6 heteroatoms. The molecule has 1 aromatic carbocycles. The average molecular weight is 306 g/mol. The summed E-state index contributed by atoms with van der Waals surface area (Å²) in [6.45, 7) is 5.18. The smallest absolute Gasteiger partial charge is 0.227 e. The van der Waals surface area contributed by atoms with Crippen molar-refractivity contribution in [2.24, 2.45) is 0 Å². The molecule has 0 saturated carbocycles. The maximum Gasteiger partial charge on any atom is 0.227 e. The van der Waals surface area contributed by atoms with E-state index in [-0.39, 0.29) is 18.0 Å². The highest BCUT2D eigenvalue weighted by molar-refractivity contribution is 5.83. The molecule has 0 bridgehead atoms. The first-order chi connectivity index (χ1) is 10.4. The number of benzene rings is 1. The number of nitrogens with one attached hydrogen (secondary N) is 1. The zero-order chi connectivity index (χ0) is 16.3. The molecule has 5 nitrogen and oxygen atoms in total. The molecule has 118 valence electrons. The molecule has 0 saturated heterocycles. The minimum atomic E-state index is -1.10. The third-order valence-electron chi connectivity index (χ3n) is 3.65. The van der Waals surface area contributed by atoms with Crippen LogP contribution in [0.25, 0.3) is 0 Å². The highest BCUT2D eigenvalue weighted by Crippen LogP contribution is 2.23. The maximum absolute atomic E-state index is 13.6. The summed E-state index contributed by atoms with van der Waals surface area (Å²) in [6.07, 6.45) is -1.10. The summed E-state index contributed by atoms with van der Waals surface area (Å²) in [4.78, 5) is 12.2. The molecule has 0 aliphatic heterocycles. The quantitative estimate of drug-likeness (QED) is 0.889. The van der Waals surface area contributed by atoms with Crippen LogP contribution >= 0.6 is 0 Å². The Morgan fingerprint density at radius 3 is 2.68 bits per heavy atom. The molecule has 2 rings (SSSR count). The highest BCUT2D eigenvalue weighted by atomic mass is 19.1. The van der Waals surface area contributed by atoms with Crippen LogP contribution in [-0.2, 0) is 4.79 Å². The number of rotatable bonds is 5. The van der Waals surface area contributed by atoms with Gasteiger partial charge in [0.1, 0.15) is 11.6 Å². The number of aliphatic hydroxyl groups is 1. The summed E-state index contributed by atoms with van der Waals surface area (Å²) in [5.74, 6) is -0.637. The van der Waals surface area contributed by atoms with Gasteiger partial charge in [0.25, 0.3) is 0 Å². The first-order valence-electron chi connectivity index (χ1n) is 7.04. The number of hydrogen-bond donors (Lipinski definition) is 2. The lowest BCUT2D eigenvalue weighted by Crippen LogP contribution is -2.32. The summed E-state index contributed by atoms with van der Waals surface area (Å²) in [5.41, 5.74) is 1.56. The van der Waals surface area contributed by atoms with E-state index in [0.717, 1.165) is 5.56 Å². The summed E-state index contributed by atoms with van der Waals surface area (Å²) in [6, 6.07) is 5.94. The standard InChI is InChI=1S/C16H19FN2O3/c1-9(15-10(2)19-22-11(15)3)16(21)18-8-14(20)12-6-4-5-7-13(12)17/h4-7,9,14,20H,8H2,1-3H3,(H,18,21). The predicted octanol–water partition coefficient (Wildman–Crippen LogP) is 2.38. The molecule has 0 radical (unpaired) electrons. The van der Waals surface area contributed by atoms with Gasteiger partial charge in [-0.25, -0.2) is 4.39 Å². The Balaban J connectivity index is 2.00. The Morgan fingerprint density at radius 2 is 2.09 bits per heavy atom. The Morgan fingerprint density at radius 1 is 1.41 bits per heavy atom. The monoisotopic (exact) mass is 306 g/mol. The summed E-state index contributed by atoms with van der Waals surface area (Å²) < 4.78 is 18.6. The predicted molar refractivity (Wildman–Crippen MR) is 78.8 cm³/mol. The molecule has 0 aliphatic rings. The number of halogens is 1. The van der Waals surface area contributed by atoms with Crippen molar-refractivity contribution >= 4 is 5.91 Å². The average Bonchev–Trinajstić information content (AvgIpc) is 2.83. The fraction of sp³-hybridized carbons (Fsp3) is 0.375. The van der Waals surface area contributed by atoms with Crippen molar-refractivity contribution in [3.63, 3.8) is 0 Å². The third kappa shape index (κ3) is 3.33. The zero-order valence-corrected chi connectivity index (χ0v) is 12.8. The molecule has 0 aliphatic carbocycles. The second kappa shape index (κ2) is 6.70. The molecular formula is C16H19FN2O3. The number of aromatic nitrogens is 1. The van der Waals surface area contributed by atoms with Crippen molar-refractivity contribution in [3.05, 3.63) is 52.7 Å². The van der Waals surface area contributed by atoms with Gasteiger partial charge < -0.3 is 14.9 Å². The van der Waals surface area contributed by atoms with Crippen LogP contribution in [0.1, 0.15) is 41.5 Å². The second-order valence-corrected chi connectivity index (χ2v) is 5.24. The number of hydrogen-bond acceptors (Lipinski definition) is 4. The molecule has 2 aromatic rings. The van der Waals surface area contributed by atoms with E-state index in [2.05, 4.69) is 10.5 Å². The highest BCUT2D eigenvalue weighted by Gasteiger charge is 2.23. The molecule has 1 aromatic heterocycles. The number of aryl methyl sites for hydroxylation is 2. The van der Waals surface area contributed by atoms with E-state index in [9.17, 15) is 14.3 Å². The molecule has 2 atom stereocenters. The van der Waals surface area contributed by atoms with Gasteiger partial charge in [-0.1, -0.05) is 23.4 Å². The van der Waals surface area contributed by atoms with Gasteiger partial charge in [0.15, 0.2) is 0 Å². The van der Waals surface area contributed by atoms with Crippen molar-refractivity contribution in [2.75, 3.05) is 6.54 Å². The minimum Gasteiger partial charge on any atom is -0.386 e. The SMILES string of the molecule is Cc1noc(C)c1C(C)C(=O)NCC(O)c1ccccc1F. The van der Waals surface area contributed by atoms with Gasteiger partial charge >= 0.3 is 0 Å². The van der Waals surface area contributed by atoms with E-state index in [0.29, 0.717) is 11.5 Å². The van der Waals surface area contributed by atoms with Gasteiger partial charge in [0.05, 0.1) is 17.7 Å². The molecule has 0 fully saturated rings. The molecule has 1 heterocycles. The van der Waals surface area contributed by atoms with Crippen molar-refractivity contribution < 1.29 is 18.8 Å². The molecule has 2 N–H and O–H groups in total. The fourth-order valence-electron chi connectivity index (χ4n) is 2.45. The van der Waals surface area contributed by atoms with E-state index in [1.54, 1.807) is 32.9 Å². The summed E-state index contributed by atoms with van der Waals surface area (Å²) in [7, 11) is 0. The zero-order valence-electron chi connectivity index (χ0n) is 12.8. The van der Waals surface area contributed by atoms with Crippen LogP contribution < -0.4 is 5.32 Å². The van der Waals surface area contributed by atoms with E-state index in [1.807, 2.05) is 0 Å². The summed E-state index contributed by atoms with van der Waals surface area (Å²) in [5, 5.41) is 16.4. The first kappa shape index (κ1) is 16.2. The maximum atomic E-state index is 13.6. The normalized spacial score (nSPS) is 13.7. The number of carbonyl (C=O) groups excluding carboxylic acids is 1. The van der Waals surface area contributed by atoms with Crippen LogP contribution in [0.5, 0.6) is 0 Å². The lowest BCUT2D eigenvalue weighted by molar-refractivity contribution is -0.122. The number of nitrogens with zero attached hydrogens (tertiary/aromatic N) is 1. The van der Waals surface area contributed by atoms with Crippen LogP contribution in [0.2, 0.25) is 0 Å². The second-order valence-electron chi connectivity index (χ2n) is 5.24. The Labute approximate surface area is 128 Å². The van der Waals surface area contributed by atoms with Gasteiger partial charge in [-0.15, -0.1) is 0 Å². The molecule has 1 amide bonds. The van der Waals surface area contributed by atoms with E-state index < -0.39 is 17.8 Å². The van der Waals surface area contributed by atoms with Gasteiger partial charge in [0, 0.05) is 17.7 Å². The van der Waals surface area contributed by atoms with Crippen molar-refractivity contribution in [1.82, 2.24) is 10.5 Å². The van der Waals surface area contributed by atoms with Gasteiger partial charge in [0.2, 0.25) is 5.91 Å². The molecule has 2 unspecified atom stereocenters. The molecule has 0 spiro atoms. The first-order valence-corrected chi connectivity index (χ1v) is 7.04.